The van der Waals surface area contributed by atoms with Gasteiger partial charge in [-0.1, -0.05) is 0 Å². The number of nitrogens with two attached hydrogens (primary N) is 1. The van der Waals surface area contributed by atoms with E-state index in [0.717, 1.165) is 0 Å². The molecule has 0 bridgehead atoms. The Balaban J connectivity index is 2.43. The molecule has 0 saturated carbocycles. The maximum Gasteiger partial charge on any atom is 0.337 e. The smallest absolute Gasteiger partial charge is 0.337 e. The Morgan fingerprint density at radius 2 is 1.95 bits per heavy atom. The van der Waals surface area contributed by atoms with Crippen LogP contribution in [0.2, 0.25) is 0 Å². The average Bonchev–Trinajstić information content (AvgIpc) is 2.35. The van der Waals surface area contributed by atoms with Crippen molar-refractivity contribution in [3.05, 3.63) is 52.3 Å². The molecule has 0 aliphatic rings. The molecule has 0 aromatic heterocycles. The number of carboxylic acid groups (broad SMARTS) is 1. The molecule has 0 aliphatic heterocycles. The normalized spacial score (nSPS) is 10.2. The van der Waals surface area contributed by atoms with Gasteiger partial charge in [0.15, 0.2) is 0 Å². The molecule has 0 amide bonds. The van der Waals surface area contributed by atoms with Crippen molar-refractivity contribution in [3.8, 4) is 0 Å². The van der Waals surface area contributed by atoms with Crippen molar-refractivity contribution in [2.45, 2.75) is 0 Å². The van der Waals surface area contributed by atoms with Crippen LogP contribution in [0.1, 0.15) is 10.4 Å². The van der Waals surface area contributed by atoms with Gasteiger partial charge in [-0.2, -0.15) is 0 Å². The van der Waals surface area contributed by atoms with Crippen LogP contribution in [0, 0.1) is 5.82 Å². The Kier molecular flexibility index (Phi) is 3.71. The zero-order valence-electron chi connectivity index (χ0n) is 9.65. The third-order valence-electron chi connectivity index (χ3n) is 2.47. The summed E-state index contributed by atoms with van der Waals surface area (Å²) in [4.78, 5) is 11.1. The van der Waals surface area contributed by atoms with E-state index in [1.54, 1.807) is 6.07 Å². The third-order valence-corrected chi connectivity index (χ3v) is 3.16. The van der Waals surface area contributed by atoms with Gasteiger partial charge >= 0.3 is 5.97 Å². The Hall–Kier alpha value is -2.08. The number of carboxylic acids is 1. The van der Waals surface area contributed by atoms with Gasteiger partial charge in [0.1, 0.15) is 5.82 Å². The SMILES string of the molecule is Nc1ccc(Nc2cc(F)ccc2Br)c(C(=O)O)c1. The van der Waals surface area contributed by atoms with Crippen molar-refractivity contribution in [2.75, 3.05) is 11.1 Å². The molecule has 4 N–H and O–H groups in total. The minimum Gasteiger partial charge on any atom is -0.478 e. The van der Waals surface area contributed by atoms with Crippen LogP contribution < -0.4 is 11.1 Å². The second-order valence-electron chi connectivity index (χ2n) is 3.86. The van der Waals surface area contributed by atoms with E-state index in [0.29, 0.717) is 21.5 Å². The van der Waals surface area contributed by atoms with Crippen LogP contribution in [0.4, 0.5) is 21.5 Å². The van der Waals surface area contributed by atoms with Crippen LogP contribution in [-0.4, -0.2) is 11.1 Å². The maximum absolute atomic E-state index is 13.2. The molecule has 0 fully saturated rings. The summed E-state index contributed by atoms with van der Waals surface area (Å²) < 4.78 is 13.8. The Bertz CT molecular complexity index is 647. The number of nitrogens with one attached hydrogen (secondary N) is 1. The quantitative estimate of drug-likeness (QED) is 0.754. The summed E-state index contributed by atoms with van der Waals surface area (Å²) in [5.41, 5.74) is 6.70. The highest BCUT2D eigenvalue weighted by atomic mass is 79.9. The minimum absolute atomic E-state index is 0.0242. The number of nitrogen functional groups attached to an aromatic ring is 1. The van der Waals surface area contributed by atoms with Gasteiger partial charge in [0.2, 0.25) is 0 Å². The first kappa shape index (κ1) is 13.4. The molecule has 0 unspecified atom stereocenters. The molecule has 19 heavy (non-hydrogen) atoms. The highest BCUT2D eigenvalue weighted by molar-refractivity contribution is 9.10. The summed E-state index contributed by atoms with van der Waals surface area (Å²) in [5.74, 6) is -1.53. The molecule has 0 aliphatic carbocycles. The van der Waals surface area contributed by atoms with E-state index in [4.69, 9.17) is 10.8 Å². The molecule has 0 radical (unpaired) electrons. The van der Waals surface area contributed by atoms with E-state index >= 15 is 0 Å². The number of rotatable bonds is 3. The van der Waals surface area contributed by atoms with Crippen molar-refractivity contribution >= 4 is 39.0 Å². The predicted molar refractivity (Wildman–Crippen MR) is 75.2 cm³/mol. The maximum atomic E-state index is 13.2. The monoisotopic (exact) mass is 324 g/mol. The highest BCUT2D eigenvalue weighted by Crippen LogP contribution is 2.29. The summed E-state index contributed by atoms with van der Waals surface area (Å²) in [7, 11) is 0. The van der Waals surface area contributed by atoms with Crippen molar-refractivity contribution in [3.63, 3.8) is 0 Å². The highest BCUT2D eigenvalue weighted by Gasteiger charge is 2.12. The minimum atomic E-state index is -1.11. The first-order valence-electron chi connectivity index (χ1n) is 5.32. The van der Waals surface area contributed by atoms with E-state index < -0.39 is 11.8 Å². The standard InChI is InChI=1S/C13H10BrFN2O2/c14-10-3-1-7(15)5-12(10)17-11-4-2-8(16)6-9(11)13(18)19/h1-6,17H,16H2,(H,18,19). The van der Waals surface area contributed by atoms with Crippen LogP contribution in [0.3, 0.4) is 0 Å². The van der Waals surface area contributed by atoms with Crippen LogP contribution in [-0.2, 0) is 0 Å². The van der Waals surface area contributed by atoms with Gasteiger partial charge in [0.05, 0.1) is 16.9 Å². The van der Waals surface area contributed by atoms with E-state index in [2.05, 4.69) is 21.2 Å². The first-order chi connectivity index (χ1) is 8.97. The fraction of sp³-hybridized carbons (Fsp3) is 0. The van der Waals surface area contributed by atoms with Gasteiger partial charge in [-0.3, -0.25) is 0 Å². The number of halogens is 2. The summed E-state index contributed by atoms with van der Waals surface area (Å²) in [6.45, 7) is 0. The fourth-order valence-electron chi connectivity index (χ4n) is 1.59. The molecule has 0 atom stereocenters. The third kappa shape index (κ3) is 3.03. The number of carbonyl (C=O) groups is 1. The lowest BCUT2D eigenvalue weighted by molar-refractivity contribution is 0.0698. The van der Waals surface area contributed by atoms with Crippen LogP contribution >= 0.6 is 15.9 Å². The van der Waals surface area contributed by atoms with Crippen LogP contribution in [0.25, 0.3) is 0 Å². The van der Waals surface area contributed by atoms with Gasteiger partial charge in [-0.05, 0) is 52.3 Å². The summed E-state index contributed by atoms with van der Waals surface area (Å²) in [5, 5.41) is 12.0. The van der Waals surface area contributed by atoms with E-state index in [9.17, 15) is 9.18 Å². The Morgan fingerprint density at radius 3 is 2.63 bits per heavy atom. The lowest BCUT2D eigenvalue weighted by Gasteiger charge is -2.12. The lowest BCUT2D eigenvalue weighted by Crippen LogP contribution is -2.04. The van der Waals surface area contributed by atoms with E-state index in [1.807, 2.05) is 0 Å². The van der Waals surface area contributed by atoms with Crippen LogP contribution in [0.15, 0.2) is 40.9 Å². The molecule has 2 aromatic rings. The largest absolute Gasteiger partial charge is 0.478 e. The molecule has 0 saturated heterocycles. The summed E-state index contributed by atoms with van der Waals surface area (Å²) in [6, 6.07) is 8.56. The Labute approximate surface area is 117 Å². The number of hydrogen-bond donors (Lipinski definition) is 3. The molecule has 4 nitrogen and oxygen atoms in total. The van der Waals surface area contributed by atoms with Gasteiger partial charge < -0.3 is 16.2 Å². The fourth-order valence-corrected chi connectivity index (χ4v) is 1.93. The number of aromatic carboxylic acids is 1. The van der Waals surface area contributed by atoms with Gasteiger partial charge in [0.25, 0.3) is 0 Å². The Morgan fingerprint density at radius 1 is 1.21 bits per heavy atom. The van der Waals surface area contributed by atoms with E-state index in [-0.39, 0.29) is 5.56 Å². The van der Waals surface area contributed by atoms with Crippen molar-refractivity contribution in [2.24, 2.45) is 0 Å². The zero-order valence-corrected chi connectivity index (χ0v) is 11.2. The van der Waals surface area contributed by atoms with Gasteiger partial charge in [0, 0.05) is 10.2 Å². The van der Waals surface area contributed by atoms with Crippen molar-refractivity contribution in [1.29, 1.82) is 0 Å². The second kappa shape index (κ2) is 5.27. The topological polar surface area (TPSA) is 75.3 Å². The molecule has 0 spiro atoms. The first-order valence-corrected chi connectivity index (χ1v) is 6.11. The van der Waals surface area contributed by atoms with Gasteiger partial charge in [-0.25, -0.2) is 9.18 Å². The molecular weight excluding hydrogens is 315 g/mol. The zero-order chi connectivity index (χ0) is 14.0. The lowest BCUT2D eigenvalue weighted by atomic mass is 10.1. The summed E-state index contributed by atoms with van der Waals surface area (Å²) >= 11 is 3.26. The van der Waals surface area contributed by atoms with Crippen molar-refractivity contribution < 1.29 is 14.3 Å². The second-order valence-corrected chi connectivity index (χ2v) is 4.71. The molecular formula is C13H10BrFN2O2. The average molecular weight is 325 g/mol. The van der Waals surface area contributed by atoms with Gasteiger partial charge in [-0.15, -0.1) is 0 Å². The molecule has 2 aromatic carbocycles. The van der Waals surface area contributed by atoms with Crippen molar-refractivity contribution in [1.82, 2.24) is 0 Å². The molecule has 0 heterocycles. The predicted octanol–water partition coefficient (Wildman–Crippen LogP) is 3.61. The summed E-state index contributed by atoms with van der Waals surface area (Å²) in [6.07, 6.45) is 0. The molecule has 2 rings (SSSR count). The van der Waals surface area contributed by atoms with E-state index in [1.165, 1.54) is 30.3 Å². The molecule has 6 heteroatoms. The molecule has 98 valence electrons. The number of benzene rings is 2. The number of hydrogen-bond acceptors (Lipinski definition) is 3. The van der Waals surface area contributed by atoms with Crippen LogP contribution in [0.5, 0.6) is 0 Å². The number of anilines is 3.